The second kappa shape index (κ2) is 4.54. The van der Waals surface area contributed by atoms with Crippen molar-refractivity contribution in [3.05, 3.63) is 41.8 Å². The Kier molecular flexibility index (Phi) is 2.80. The van der Waals surface area contributed by atoms with Gasteiger partial charge in [0, 0.05) is 11.6 Å². The summed E-state index contributed by atoms with van der Waals surface area (Å²) in [5.41, 5.74) is 2.24. The van der Waals surface area contributed by atoms with Gasteiger partial charge in [-0.3, -0.25) is 4.98 Å². The summed E-state index contributed by atoms with van der Waals surface area (Å²) >= 11 is 0. The molecule has 4 atom stereocenters. The van der Waals surface area contributed by atoms with Gasteiger partial charge in [0.25, 0.3) is 0 Å². The number of benzene rings is 1. The zero-order chi connectivity index (χ0) is 13.7. The number of hydrogen-bond donors (Lipinski definition) is 0. The molecule has 2 unspecified atom stereocenters. The molecule has 2 aromatic rings. The molecule has 2 aliphatic rings. The van der Waals surface area contributed by atoms with E-state index in [1.165, 1.54) is 37.3 Å². The molecule has 2 aliphatic carbocycles. The van der Waals surface area contributed by atoms with Crippen molar-refractivity contribution in [2.24, 2.45) is 17.8 Å². The number of rotatable bonds is 1. The quantitative estimate of drug-likeness (QED) is 0.716. The fourth-order valence-electron chi connectivity index (χ4n) is 4.67. The van der Waals surface area contributed by atoms with Crippen LogP contribution in [0.1, 0.15) is 44.1 Å². The van der Waals surface area contributed by atoms with E-state index in [-0.39, 0.29) is 5.82 Å². The average Bonchev–Trinajstić information content (AvgIpc) is 2.95. The Morgan fingerprint density at radius 3 is 2.55 bits per heavy atom. The van der Waals surface area contributed by atoms with Crippen molar-refractivity contribution < 1.29 is 4.39 Å². The number of fused-ring (bicyclic) bond motifs is 2. The predicted octanol–water partition coefficient (Wildman–Crippen LogP) is 4.91. The van der Waals surface area contributed by atoms with Crippen LogP contribution < -0.4 is 0 Å². The molecular weight excluding hydrogens is 249 g/mol. The van der Waals surface area contributed by atoms with Gasteiger partial charge >= 0.3 is 0 Å². The molecule has 2 heteroatoms. The normalized spacial score (nSPS) is 32.7. The molecule has 0 spiro atoms. The number of nitrogens with zero attached hydrogens (tertiary/aromatic N) is 1. The lowest BCUT2D eigenvalue weighted by atomic mass is 9.91. The van der Waals surface area contributed by atoms with Gasteiger partial charge in [0.15, 0.2) is 0 Å². The molecule has 0 aliphatic heterocycles. The van der Waals surface area contributed by atoms with Gasteiger partial charge in [0.05, 0.1) is 5.52 Å². The van der Waals surface area contributed by atoms with Crippen LogP contribution in [0, 0.1) is 23.6 Å². The molecule has 20 heavy (non-hydrogen) atoms. The average molecular weight is 269 g/mol. The molecule has 1 nitrogen and oxygen atoms in total. The highest BCUT2D eigenvalue weighted by Gasteiger charge is 2.40. The molecule has 0 radical (unpaired) electrons. The maximum absolute atomic E-state index is 13.6. The van der Waals surface area contributed by atoms with Gasteiger partial charge in [-0.25, -0.2) is 4.39 Å². The number of hydrogen-bond acceptors (Lipinski definition) is 1. The van der Waals surface area contributed by atoms with Crippen LogP contribution in [0.5, 0.6) is 0 Å². The highest BCUT2D eigenvalue weighted by Crippen LogP contribution is 2.52. The number of pyridine rings is 1. The SMILES string of the molecule is CC1C[C@@H]2CC(c3ccnc4ccc(F)cc34)C[C@@H]2C1. The Bertz CT molecular complexity index is 637. The van der Waals surface area contributed by atoms with E-state index in [4.69, 9.17) is 0 Å². The smallest absolute Gasteiger partial charge is 0.123 e. The topological polar surface area (TPSA) is 12.9 Å². The fraction of sp³-hybridized carbons (Fsp3) is 0.500. The summed E-state index contributed by atoms with van der Waals surface area (Å²) in [5, 5.41) is 1.02. The van der Waals surface area contributed by atoms with Crippen molar-refractivity contribution >= 4 is 10.9 Å². The Labute approximate surface area is 119 Å². The first-order valence-corrected chi connectivity index (χ1v) is 7.75. The fourth-order valence-corrected chi connectivity index (χ4v) is 4.67. The molecule has 2 fully saturated rings. The molecule has 4 rings (SSSR count). The minimum Gasteiger partial charge on any atom is -0.256 e. The Morgan fingerprint density at radius 2 is 1.80 bits per heavy atom. The van der Waals surface area contributed by atoms with Gasteiger partial charge in [-0.05, 0) is 79.2 Å². The minimum atomic E-state index is -0.154. The van der Waals surface area contributed by atoms with Crippen LogP contribution in [0.3, 0.4) is 0 Å². The molecule has 2 saturated carbocycles. The van der Waals surface area contributed by atoms with Crippen LogP contribution >= 0.6 is 0 Å². The second-order valence-corrected chi connectivity index (χ2v) is 6.83. The first kappa shape index (κ1) is 12.3. The van der Waals surface area contributed by atoms with Crippen LogP contribution in [-0.4, -0.2) is 4.98 Å². The molecule has 104 valence electrons. The van der Waals surface area contributed by atoms with Crippen molar-refractivity contribution in [2.75, 3.05) is 0 Å². The van der Waals surface area contributed by atoms with E-state index in [0.717, 1.165) is 28.7 Å². The lowest BCUT2D eigenvalue weighted by molar-refractivity contribution is 0.457. The lowest BCUT2D eigenvalue weighted by Gasteiger charge is -2.15. The summed E-state index contributed by atoms with van der Waals surface area (Å²) in [4.78, 5) is 4.37. The largest absolute Gasteiger partial charge is 0.256 e. The summed E-state index contributed by atoms with van der Waals surface area (Å²) in [6.45, 7) is 2.38. The minimum absolute atomic E-state index is 0.154. The first-order valence-electron chi connectivity index (χ1n) is 7.75. The van der Waals surface area contributed by atoms with Crippen LogP contribution in [-0.2, 0) is 0 Å². The summed E-state index contributed by atoms with van der Waals surface area (Å²) in [6, 6.07) is 7.07. The number of aromatic nitrogens is 1. The zero-order valence-electron chi connectivity index (χ0n) is 11.8. The zero-order valence-corrected chi connectivity index (χ0v) is 11.8. The highest BCUT2D eigenvalue weighted by molar-refractivity contribution is 5.82. The Morgan fingerprint density at radius 1 is 1.05 bits per heavy atom. The van der Waals surface area contributed by atoms with E-state index in [2.05, 4.69) is 18.0 Å². The van der Waals surface area contributed by atoms with Crippen LogP contribution in [0.15, 0.2) is 30.5 Å². The standard InChI is InChI=1S/C18H20FN/c1-11-6-12-8-14(9-13(12)7-11)16-4-5-20-18-3-2-15(19)10-17(16)18/h2-5,10-14H,6-9H2,1H3/t11?,12-,13+,14?. The third-order valence-electron chi connectivity index (χ3n) is 5.43. The third-order valence-corrected chi connectivity index (χ3v) is 5.43. The Hall–Kier alpha value is -1.44. The predicted molar refractivity (Wildman–Crippen MR) is 79.1 cm³/mol. The molecule has 1 aromatic carbocycles. The van der Waals surface area contributed by atoms with E-state index in [1.54, 1.807) is 12.1 Å². The van der Waals surface area contributed by atoms with Crippen molar-refractivity contribution in [3.63, 3.8) is 0 Å². The lowest BCUT2D eigenvalue weighted by Crippen LogP contribution is -1.99. The van der Waals surface area contributed by atoms with Crippen molar-refractivity contribution in [1.29, 1.82) is 0 Å². The monoisotopic (exact) mass is 269 g/mol. The molecular formula is C18H20FN. The first-order chi connectivity index (χ1) is 9.70. The van der Waals surface area contributed by atoms with E-state index in [0.29, 0.717) is 5.92 Å². The van der Waals surface area contributed by atoms with Gasteiger partial charge in [0.2, 0.25) is 0 Å². The molecule has 0 saturated heterocycles. The van der Waals surface area contributed by atoms with E-state index in [9.17, 15) is 4.39 Å². The molecule has 0 N–H and O–H groups in total. The second-order valence-electron chi connectivity index (χ2n) is 6.83. The highest BCUT2D eigenvalue weighted by atomic mass is 19.1. The van der Waals surface area contributed by atoms with Crippen LogP contribution in [0.4, 0.5) is 4.39 Å². The van der Waals surface area contributed by atoms with Crippen molar-refractivity contribution in [2.45, 2.75) is 38.5 Å². The van der Waals surface area contributed by atoms with Gasteiger partial charge in [0.1, 0.15) is 5.82 Å². The molecule has 1 aromatic heterocycles. The van der Waals surface area contributed by atoms with E-state index < -0.39 is 0 Å². The van der Waals surface area contributed by atoms with Gasteiger partial charge in [-0.15, -0.1) is 0 Å². The Balaban J connectivity index is 1.71. The van der Waals surface area contributed by atoms with Gasteiger partial charge < -0.3 is 0 Å². The maximum atomic E-state index is 13.6. The van der Waals surface area contributed by atoms with Gasteiger partial charge in [-0.2, -0.15) is 0 Å². The number of halogens is 1. The molecule has 0 bridgehead atoms. The van der Waals surface area contributed by atoms with Crippen LogP contribution in [0.2, 0.25) is 0 Å². The van der Waals surface area contributed by atoms with Gasteiger partial charge in [-0.1, -0.05) is 6.92 Å². The summed E-state index contributed by atoms with van der Waals surface area (Å²) in [7, 11) is 0. The third kappa shape index (κ3) is 1.93. The molecule has 1 heterocycles. The maximum Gasteiger partial charge on any atom is 0.123 e. The summed E-state index contributed by atoms with van der Waals surface area (Å²) in [5.74, 6) is 3.14. The van der Waals surface area contributed by atoms with Crippen LogP contribution in [0.25, 0.3) is 10.9 Å². The van der Waals surface area contributed by atoms with E-state index in [1.807, 2.05) is 6.20 Å². The van der Waals surface area contributed by atoms with Crippen molar-refractivity contribution in [1.82, 2.24) is 4.98 Å². The van der Waals surface area contributed by atoms with E-state index >= 15 is 0 Å². The van der Waals surface area contributed by atoms with Crippen molar-refractivity contribution in [3.8, 4) is 0 Å². The summed E-state index contributed by atoms with van der Waals surface area (Å²) in [6.07, 6.45) is 7.22. The summed E-state index contributed by atoms with van der Waals surface area (Å²) < 4.78 is 13.6. The molecule has 0 amide bonds.